The molecule has 0 aliphatic rings. The lowest BCUT2D eigenvalue weighted by Crippen LogP contribution is -2.15. The number of nitrogens with one attached hydrogen (secondary N) is 1. The van der Waals surface area contributed by atoms with Gasteiger partial charge in [0.05, 0.1) is 12.1 Å². The van der Waals surface area contributed by atoms with Gasteiger partial charge >= 0.3 is 5.97 Å². The topological polar surface area (TPSA) is 83.7 Å². The molecular weight excluding hydrogens is 294 g/mol. The third-order valence-electron chi connectivity index (χ3n) is 3.49. The number of fused-ring (bicyclic) bond motifs is 1. The first-order chi connectivity index (χ1) is 11.0. The molecule has 3 aromatic rings. The van der Waals surface area contributed by atoms with E-state index >= 15 is 0 Å². The normalized spacial score (nSPS) is 10.7. The van der Waals surface area contributed by atoms with Crippen molar-refractivity contribution < 1.29 is 14.7 Å². The number of aryl methyl sites for hydroxylation is 1. The first-order valence-corrected chi connectivity index (χ1v) is 7.10. The highest BCUT2D eigenvalue weighted by Crippen LogP contribution is 2.15. The molecule has 116 valence electrons. The van der Waals surface area contributed by atoms with Crippen LogP contribution in [-0.2, 0) is 11.2 Å². The van der Waals surface area contributed by atoms with Gasteiger partial charge in [0.1, 0.15) is 11.3 Å². The quantitative estimate of drug-likeness (QED) is 0.775. The van der Waals surface area contributed by atoms with Gasteiger partial charge in [-0.1, -0.05) is 18.2 Å². The molecule has 0 fully saturated rings. The van der Waals surface area contributed by atoms with E-state index in [4.69, 9.17) is 5.11 Å². The summed E-state index contributed by atoms with van der Waals surface area (Å²) in [6, 6.07) is 12.3. The van der Waals surface area contributed by atoms with Crippen LogP contribution in [0.3, 0.4) is 0 Å². The second kappa shape index (κ2) is 5.92. The zero-order chi connectivity index (χ0) is 16.4. The Bertz CT molecular complexity index is 882. The number of amides is 1. The maximum atomic E-state index is 12.5. The zero-order valence-corrected chi connectivity index (χ0v) is 12.5. The summed E-state index contributed by atoms with van der Waals surface area (Å²) in [5.41, 5.74) is 3.13. The van der Waals surface area contributed by atoms with Gasteiger partial charge in [0.25, 0.3) is 5.91 Å². The van der Waals surface area contributed by atoms with Crippen LogP contribution in [0.4, 0.5) is 5.69 Å². The largest absolute Gasteiger partial charge is 0.481 e. The minimum Gasteiger partial charge on any atom is -0.481 e. The van der Waals surface area contributed by atoms with Crippen LogP contribution in [0, 0.1) is 6.92 Å². The highest BCUT2D eigenvalue weighted by atomic mass is 16.4. The summed E-state index contributed by atoms with van der Waals surface area (Å²) < 4.78 is 1.74. The number of hydrogen-bond donors (Lipinski definition) is 2. The van der Waals surface area contributed by atoms with Crippen LogP contribution in [0.5, 0.6) is 0 Å². The Morgan fingerprint density at radius 1 is 1.17 bits per heavy atom. The lowest BCUT2D eigenvalue weighted by atomic mass is 10.1. The van der Waals surface area contributed by atoms with Crippen molar-refractivity contribution in [1.29, 1.82) is 0 Å². The van der Waals surface area contributed by atoms with Crippen molar-refractivity contribution in [3.63, 3.8) is 0 Å². The smallest absolute Gasteiger partial charge is 0.307 e. The Morgan fingerprint density at radius 2 is 1.91 bits per heavy atom. The number of rotatable bonds is 4. The molecule has 0 aliphatic carbocycles. The van der Waals surface area contributed by atoms with Crippen molar-refractivity contribution in [3.05, 3.63) is 65.6 Å². The number of benzene rings is 1. The first kappa shape index (κ1) is 14.8. The van der Waals surface area contributed by atoms with E-state index in [2.05, 4.69) is 10.3 Å². The van der Waals surface area contributed by atoms with E-state index in [-0.39, 0.29) is 12.3 Å². The van der Waals surface area contributed by atoms with Crippen LogP contribution in [0.25, 0.3) is 5.65 Å². The van der Waals surface area contributed by atoms with Crippen LogP contribution >= 0.6 is 0 Å². The summed E-state index contributed by atoms with van der Waals surface area (Å²) in [5, 5.41) is 11.6. The molecule has 6 nitrogen and oxygen atoms in total. The number of hydrogen-bond acceptors (Lipinski definition) is 3. The lowest BCUT2D eigenvalue weighted by molar-refractivity contribution is -0.136. The van der Waals surface area contributed by atoms with E-state index in [0.29, 0.717) is 28.3 Å². The van der Waals surface area contributed by atoms with E-state index < -0.39 is 5.97 Å². The molecule has 0 saturated carbocycles. The first-order valence-electron chi connectivity index (χ1n) is 7.10. The highest BCUT2D eigenvalue weighted by molar-refractivity contribution is 6.04. The highest BCUT2D eigenvalue weighted by Gasteiger charge is 2.16. The molecule has 23 heavy (non-hydrogen) atoms. The number of nitrogens with zero attached hydrogens (tertiary/aromatic N) is 2. The van der Waals surface area contributed by atoms with E-state index in [9.17, 15) is 9.59 Å². The predicted molar refractivity (Wildman–Crippen MR) is 85.7 cm³/mol. The average Bonchev–Trinajstić information content (AvgIpc) is 2.84. The molecule has 2 heterocycles. The molecule has 0 atom stereocenters. The number of aromatic nitrogens is 2. The molecule has 0 spiro atoms. The molecule has 0 unspecified atom stereocenters. The molecule has 2 aromatic heterocycles. The van der Waals surface area contributed by atoms with Gasteiger partial charge in [-0.05, 0) is 36.8 Å². The molecule has 0 bridgehead atoms. The maximum absolute atomic E-state index is 12.5. The van der Waals surface area contributed by atoms with Crippen molar-refractivity contribution in [2.24, 2.45) is 0 Å². The summed E-state index contributed by atoms with van der Waals surface area (Å²) in [4.78, 5) is 27.5. The number of carbonyl (C=O) groups excluding carboxylic acids is 1. The molecule has 3 rings (SSSR count). The van der Waals surface area contributed by atoms with Crippen molar-refractivity contribution in [1.82, 2.24) is 9.38 Å². The Balaban J connectivity index is 1.83. The van der Waals surface area contributed by atoms with Crippen molar-refractivity contribution >= 4 is 23.2 Å². The Kier molecular flexibility index (Phi) is 3.80. The second-order valence-corrected chi connectivity index (χ2v) is 5.20. The van der Waals surface area contributed by atoms with Gasteiger partial charge < -0.3 is 10.4 Å². The lowest BCUT2D eigenvalue weighted by Gasteiger charge is -2.07. The Morgan fingerprint density at radius 3 is 2.61 bits per heavy atom. The number of carbonyl (C=O) groups is 2. The van der Waals surface area contributed by atoms with Gasteiger partial charge in [0, 0.05) is 11.9 Å². The third-order valence-corrected chi connectivity index (χ3v) is 3.49. The monoisotopic (exact) mass is 309 g/mol. The number of pyridine rings is 1. The summed E-state index contributed by atoms with van der Waals surface area (Å²) in [6.07, 6.45) is 1.75. The van der Waals surface area contributed by atoms with Crippen LogP contribution in [-0.4, -0.2) is 26.4 Å². The summed E-state index contributed by atoms with van der Waals surface area (Å²) in [6.45, 7) is 1.79. The van der Waals surface area contributed by atoms with E-state index in [1.54, 1.807) is 41.8 Å². The standard InChI is InChI=1S/C17H15N3O3/c1-11-16(20-9-3-2-4-14(20)18-11)17(23)19-13-7-5-12(6-8-13)10-15(21)22/h2-9H,10H2,1H3,(H,19,23)(H,21,22). The van der Waals surface area contributed by atoms with E-state index in [0.717, 1.165) is 0 Å². The van der Waals surface area contributed by atoms with Crippen molar-refractivity contribution in [2.75, 3.05) is 5.32 Å². The molecule has 1 amide bonds. The fourth-order valence-electron chi connectivity index (χ4n) is 2.46. The van der Waals surface area contributed by atoms with E-state index in [1.807, 2.05) is 18.2 Å². The van der Waals surface area contributed by atoms with Gasteiger partial charge in [0.15, 0.2) is 0 Å². The number of aliphatic carboxylic acids is 1. The zero-order valence-electron chi connectivity index (χ0n) is 12.5. The molecule has 6 heteroatoms. The summed E-state index contributed by atoms with van der Waals surface area (Å²) in [5.74, 6) is -1.14. The van der Waals surface area contributed by atoms with Crippen molar-refractivity contribution in [2.45, 2.75) is 13.3 Å². The molecule has 0 aliphatic heterocycles. The minimum absolute atomic E-state index is 0.0411. The maximum Gasteiger partial charge on any atom is 0.307 e. The van der Waals surface area contributed by atoms with Crippen LogP contribution in [0.15, 0.2) is 48.7 Å². The van der Waals surface area contributed by atoms with Gasteiger partial charge in [-0.3, -0.25) is 14.0 Å². The molecule has 0 radical (unpaired) electrons. The fourth-order valence-corrected chi connectivity index (χ4v) is 2.46. The van der Waals surface area contributed by atoms with Gasteiger partial charge in [-0.2, -0.15) is 0 Å². The Hall–Kier alpha value is -3.15. The summed E-state index contributed by atoms with van der Waals surface area (Å²) >= 11 is 0. The second-order valence-electron chi connectivity index (χ2n) is 5.20. The molecule has 1 aromatic carbocycles. The number of carboxylic acid groups (broad SMARTS) is 1. The van der Waals surface area contributed by atoms with Gasteiger partial charge in [-0.25, -0.2) is 4.98 Å². The average molecular weight is 309 g/mol. The molecule has 0 saturated heterocycles. The number of carboxylic acids is 1. The van der Waals surface area contributed by atoms with Crippen LogP contribution in [0.1, 0.15) is 21.7 Å². The number of anilines is 1. The molecule has 2 N–H and O–H groups in total. The predicted octanol–water partition coefficient (Wildman–Crippen LogP) is 2.52. The van der Waals surface area contributed by atoms with Crippen LogP contribution < -0.4 is 5.32 Å². The van der Waals surface area contributed by atoms with Crippen molar-refractivity contribution in [3.8, 4) is 0 Å². The summed E-state index contributed by atoms with van der Waals surface area (Å²) in [7, 11) is 0. The van der Waals surface area contributed by atoms with E-state index in [1.165, 1.54) is 0 Å². The molecular formula is C17H15N3O3. The minimum atomic E-state index is -0.886. The number of imidazole rings is 1. The SMILES string of the molecule is Cc1nc2ccccn2c1C(=O)Nc1ccc(CC(=O)O)cc1. The Labute approximate surface area is 132 Å². The van der Waals surface area contributed by atoms with Gasteiger partial charge in [-0.15, -0.1) is 0 Å². The van der Waals surface area contributed by atoms with Gasteiger partial charge in [0.2, 0.25) is 0 Å². The van der Waals surface area contributed by atoms with Crippen LogP contribution in [0.2, 0.25) is 0 Å². The third kappa shape index (κ3) is 3.06. The fraction of sp³-hybridized carbons (Fsp3) is 0.118.